The van der Waals surface area contributed by atoms with Gasteiger partial charge >= 0.3 is 0 Å². The molecular weight excluding hydrogens is 352 g/mol. The van der Waals surface area contributed by atoms with Gasteiger partial charge in [-0.05, 0) is 36.6 Å². The molecule has 0 spiro atoms. The van der Waals surface area contributed by atoms with Crippen molar-refractivity contribution in [1.29, 1.82) is 0 Å². The summed E-state index contributed by atoms with van der Waals surface area (Å²) < 4.78 is 13.7. The van der Waals surface area contributed by atoms with E-state index in [-0.39, 0.29) is 16.3 Å². The van der Waals surface area contributed by atoms with Gasteiger partial charge in [0.25, 0.3) is 0 Å². The van der Waals surface area contributed by atoms with Crippen LogP contribution in [0.1, 0.15) is 18.9 Å². The van der Waals surface area contributed by atoms with E-state index < -0.39 is 0 Å². The van der Waals surface area contributed by atoms with Gasteiger partial charge in [0.05, 0.1) is 9.07 Å². The molecule has 1 aliphatic heterocycles. The molecule has 1 nitrogen and oxygen atoms in total. The van der Waals surface area contributed by atoms with Gasteiger partial charge in [-0.25, -0.2) is 4.39 Å². The van der Waals surface area contributed by atoms with Crippen LogP contribution in [0.25, 0.3) is 0 Å². The number of likely N-dealkylation sites (N-methyl/N-ethyl adjacent to an activating group) is 1. The fourth-order valence-corrected chi connectivity index (χ4v) is 5.06. The Kier molecular flexibility index (Phi) is 2.91. The molecule has 3 atom stereocenters. The molecule has 3 rings (SSSR count). The number of rotatable bonds is 2. The molecule has 1 saturated heterocycles. The molecule has 1 saturated carbocycles. The molecular formula is C13H14ClFIN. The Hall–Kier alpha value is 0.130. The first-order chi connectivity index (χ1) is 8.09. The van der Waals surface area contributed by atoms with Crippen molar-refractivity contribution in [2.24, 2.45) is 5.92 Å². The molecule has 1 heterocycles. The van der Waals surface area contributed by atoms with Crippen LogP contribution in [0.2, 0.25) is 5.02 Å². The lowest BCUT2D eigenvalue weighted by Gasteiger charge is -2.26. The van der Waals surface area contributed by atoms with E-state index in [2.05, 4.69) is 34.4 Å². The highest BCUT2D eigenvalue weighted by Gasteiger charge is 2.65. The first-order valence-electron chi connectivity index (χ1n) is 5.93. The van der Waals surface area contributed by atoms with E-state index in [4.69, 9.17) is 11.6 Å². The lowest BCUT2D eigenvalue weighted by Crippen LogP contribution is -2.33. The summed E-state index contributed by atoms with van der Waals surface area (Å²) >= 11 is 8.43. The number of likely N-dealkylation sites (tertiary alicyclic amines) is 1. The standard InChI is InChI=1S/C13H14ClFIN/c1-2-17-7-9-6-13(9,12(17)16)8-3-4-11(15)10(14)5-8/h3-5,9,12H,2,6-7H2,1H3. The zero-order chi connectivity index (χ0) is 12.2. The van der Waals surface area contributed by atoms with Crippen LogP contribution >= 0.6 is 34.2 Å². The molecule has 1 aromatic carbocycles. The first-order valence-corrected chi connectivity index (χ1v) is 7.55. The van der Waals surface area contributed by atoms with Gasteiger partial charge in [0, 0.05) is 12.0 Å². The average molecular weight is 366 g/mol. The highest BCUT2D eigenvalue weighted by molar-refractivity contribution is 14.1. The second-order valence-corrected chi connectivity index (χ2v) is 6.58. The van der Waals surface area contributed by atoms with Crippen LogP contribution in [0.5, 0.6) is 0 Å². The van der Waals surface area contributed by atoms with Crippen LogP contribution in [-0.2, 0) is 5.41 Å². The zero-order valence-corrected chi connectivity index (χ0v) is 12.5. The summed E-state index contributed by atoms with van der Waals surface area (Å²) in [5.74, 6) is 0.408. The number of benzene rings is 1. The maximum Gasteiger partial charge on any atom is 0.141 e. The van der Waals surface area contributed by atoms with Crippen molar-refractivity contribution in [1.82, 2.24) is 4.90 Å². The minimum Gasteiger partial charge on any atom is -0.291 e. The minimum atomic E-state index is -0.320. The molecule has 0 bridgehead atoms. The molecule has 1 aromatic rings. The highest BCUT2D eigenvalue weighted by atomic mass is 127. The number of hydrogen-bond donors (Lipinski definition) is 0. The normalized spacial score (nSPS) is 36.0. The third-order valence-corrected chi connectivity index (χ3v) is 6.41. The van der Waals surface area contributed by atoms with Crippen molar-refractivity contribution >= 4 is 34.2 Å². The van der Waals surface area contributed by atoms with Crippen LogP contribution in [-0.4, -0.2) is 22.0 Å². The monoisotopic (exact) mass is 365 g/mol. The summed E-state index contributed by atoms with van der Waals surface area (Å²) in [6.07, 6.45) is 1.22. The number of hydrogen-bond acceptors (Lipinski definition) is 1. The molecule has 2 aliphatic rings. The van der Waals surface area contributed by atoms with Gasteiger partial charge in [0.1, 0.15) is 5.82 Å². The quantitative estimate of drug-likeness (QED) is 0.437. The van der Waals surface area contributed by atoms with Crippen LogP contribution < -0.4 is 0 Å². The maximum atomic E-state index is 13.2. The zero-order valence-electron chi connectivity index (χ0n) is 9.59. The molecule has 92 valence electrons. The fraction of sp³-hybridized carbons (Fsp3) is 0.538. The molecule has 0 aromatic heterocycles. The smallest absolute Gasteiger partial charge is 0.141 e. The van der Waals surface area contributed by atoms with Gasteiger partial charge in [-0.3, -0.25) is 4.90 Å². The molecule has 1 aliphatic carbocycles. The molecule has 2 fully saturated rings. The van der Waals surface area contributed by atoms with Crippen molar-refractivity contribution in [2.45, 2.75) is 22.8 Å². The van der Waals surface area contributed by atoms with Gasteiger partial charge < -0.3 is 0 Å². The summed E-state index contributed by atoms with van der Waals surface area (Å²) in [4.78, 5) is 2.49. The molecule has 4 heteroatoms. The summed E-state index contributed by atoms with van der Waals surface area (Å²) in [6.45, 7) is 4.45. The minimum absolute atomic E-state index is 0.230. The predicted octanol–water partition coefficient (Wildman–Crippen LogP) is 3.83. The number of nitrogens with zero attached hydrogens (tertiary/aromatic N) is 1. The summed E-state index contributed by atoms with van der Waals surface area (Å²) in [5.41, 5.74) is 1.44. The summed E-state index contributed by atoms with van der Waals surface area (Å²) in [6, 6.07) is 5.23. The second-order valence-electron chi connectivity index (χ2n) is 4.99. The lowest BCUT2D eigenvalue weighted by molar-refractivity contribution is 0.300. The second kappa shape index (κ2) is 4.07. The average Bonchev–Trinajstić information content (AvgIpc) is 2.98. The van der Waals surface area contributed by atoms with Crippen molar-refractivity contribution in [3.63, 3.8) is 0 Å². The van der Waals surface area contributed by atoms with Gasteiger partial charge in [-0.1, -0.05) is 47.2 Å². The predicted molar refractivity (Wildman–Crippen MR) is 76.3 cm³/mol. The van der Waals surface area contributed by atoms with Gasteiger partial charge in [0.2, 0.25) is 0 Å². The largest absolute Gasteiger partial charge is 0.291 e. The number of fused-ring (bicyclic) bond motifs is 1. The Morgan fingerprint density at radius 2 is 2.35 bits per heavy atom. The van der Waals surface area contributed by atoms with E-state index in [1.165, 1.54) is 24.6 Å². The molecule has 3 unspecified atom stereocenters. The van der Waals surface area contributed by atoms with E-state index in [0.29, 0.717) is 4.05 Å². The Balaban J connectivity index is 1.97. The van der Waals surface area contributed by atoms with E-state index in [1.807, 2.05) is 12.1 Å². The van der Waals surface area contributed by atoms with E-state index in [9.17, 15) is 4.39 Å². The Bertz CT molecular complexity index is 467. The lowest BCUT2D eigenvalue weighted by atomic mass is 9.95. The van der Waals surface area contributed by atoms with Crippen LogP contribution in [0, 0.1) is 11.7 Å². The Morgan fingerprint density at radius 3 is 2.94 bits per heavy atom. The highest BCUT2D eigenvalue weighted by Crippen LogP contribution is 2.64. The van der Waals surface area contributed by atoms with E-state index in [0.717, 1.165) is 12.5 Å². The van der Waals surface area contributed by atoms with Crippen LogP contribution in [0.4, 0.5) is 4.39 Å². The maximum absolute atomic E-state index is 13.2. The third-order valence-electron chi connectivity index (χ3n) is 4.22. The first kappa shape index (κ1) is 12.2. The SMILES string of the molecule is CCN1CC2CC2(c2ccc(F)c(Cl)c2)C1I. The molecule has 0 N–H and O–H groups in total. The van der Waals surface area contributed by atoms with Crippen molar-refractivity contribution < 1.29 is 4.39 Å². The third kappa shape index (κ3) is 1.65. The summed E-state index contributed by atoms with van der Waals surface area (Å²) in [5, 5.41) is 0.251. The van der Waals surface area contributed by atoms with Gasteiger partial charge in [-0.15, -0.1) is 0 Å². The summed E-state index contributed by atoms with van der Waals surface area (Å²) in [7, 11) is 0. The Morgan fingerprint density at radius 1 is 1.59 bits per heavy atom. The Labute approximate surface area is 119 Å². The van der Waals surface area contributed by atoms with E-state index >= 15 is 0 Å². The number of alkyl halides is 1. The van der Waals surface area contributed by atoms with Crippen LogP contribution in [0.3, 0.4) is 0 Å². The van der Waals surface area contributed by atoms with Crippen molar-refractivity contribution in [3.8, 4) is 0 Å². The van der Waals surface area contributed by atoms with Crippen molar-refractivity contribution in [2.75, 3.05) is 13.1 Å². The van der Waals surface area contributed by atoms with Gasteiger partial charge in [0.15, 0.2) is 0 Å². The van der Waals surface area contributed by atoms with Crippen molar-refractivity contribution in [3.05, 3.63) is 34.6 Å². The molecule has 0 radical (unpaired) electrons. The molecule has 0 amide bonds. The number of halogens is 3. The number of piperidine rings is 1. The molecule has 17 heavy (non-hydrogen) atoms. The van der Waals surface area contributed by atoms with Gasteiger partial charge in [-0.2, -0.15) is 0 Å². The van der Waals surface area contributed by atoms with E-state index in [1.54, 1.807) is 0 Å². The topological polar surface area (TPSA) is 3.24 Å². The van der Waals surface area contributed by atoms with Crippen LogP contribution in [0.15, 0.2) is 18.2 Å². The fourth-order valence-electron chi connectivity index (χ4n) is 3.14.